The lowest BCUT2D eigenvalue weighted by atomic mass is 9.88. The average molecular weight is 858 g/mol. The monoisotopic (exact) mass is 857 g/mol. The number of para-hydroxylation sites is 2. The lowest BCUT2D eigenvalue weighted by Gasteiger charge is -2.16. The number of fused-ring (bicyclic) bond motifs is 5. The zero-order valence-electron chi connectivity index (χ0n) is 36.2. The number of ether oxygens (including phenoxy) is 1. The van der Waals surface area contributed by atoms with Gasteiger partial charge in [0.2, 0.25) is 0 Å². The van der Waals surface area contributed by atoms with Crippen molar-refractivity contribution in [2.24, 2.45) is 0 Å². The molecule has 5 nitrogen and oxygen atoms in total. The summed E-state index contributed by atoms with van der Waals surface area (Å²) in [6, 6.07) is 78.4. The molecule has 9 aromatic carbocycles. The highest BCUT2D eigenvalue weighted by Gasteiger charge is 2.18. The first-order chi connectivity index (χ1) is 33.1. The number of carbonyl (C=O) groups is 1. The molecule has 0 spiro atoms. The van der Waals surface area contributed by atoms with Crippen LogP contribution in [-0.4, -0.2) is 20.9 Å². The van der Waals surface area contributed by atoms with Gasteiger partial charge in [-0.25, -0.2) is 14.8 Å². The molecule has 0 amide bonds. The van der Waals surface area contributed by atoms with Gasteiger partial charge in [-0.15, -0.1) is 0 Å². The number of carbonyl (C=O) groups excluding carboxylic acids is 1. The van der Waals surface area contributed by atoms with E-state index in [-0.39, 0.29) is 0 Å². The van der Waals surface area contributed by atoms with Crippen LogP contribution in [0.2, 0.25) is 0 Å². The average Bonchev–Trinajstić information content (AvgIpc) is 3.40. The molecule has 0 atom stereocenters. The molecular formula is C62H39N3O2. The van der Waals surface area contributed by atoms with Crippen LogP contribution < -0.4 is 4.74 Å². The predicted octanol–water partition coefficient (Wildman–Crippen LogP) is 15.7. The summed E-state index contributed by atoms with van der Waals surface area (Å²) in [6.07, 6.45) is 1.80. The topological polar surface area (TPSA) is 65.0 Å². The third kappa shape index (κ3) is 7.64. The van der Waals surface area contributed by atoms with Crippen LogP contribution in [0, 0.1) is 0 Å². The molecule has 0 aliphatic carbocycles. The third-order valence-corrected chi connectivity index (χ3v) is 12.6. The SMILES string of the molecule is O=C(Oc1ccc2c(ccc3cccnc32)c1)c1cc(-c2ccccc2-c2ccc(-c3ccc4ccccc4n3)cc2)cc(-c2ccccc2-c2ccc(-c3ccc4ccccc4n3)cc2)c1. The molecule has 314 valence electrons. The Morgan fingerprint density at radius 3 is 1.39 bits per heavy atom. The molecule has 5 heteroatoms. The molecule has 0 saturated carbocycles. The summed E-state index contributed by atoms with van der Waals surface area (Å²) < 4.78 is 6.22. The highest BCUT2D eigenvalue weighted by Crippen LogP contribution is 2.40. The minimum atomic E-state index is -0.448. The van der Waals surface area contributed by atoms with Crippen molar-refractivity contribution in [3.8, 4) is 72.8 Å². The summed E-state index contributed by atoms with van der Waals surface area (Å²) in [7, 11) is 0. The van der Waals surface area contributed by atoms with Crippen molar-refractivity contribution < 1.29 is 9.53 Å². The number of hydrogen-bond acceptors (Lipinski definition) is 5. The molecule has 0 saturated heterocycles. The number of aromatic nitrogens is 3. The molecular weight excluding hydrogens is 819 g/mol. The van der Waals surface area contributed by atoms with Gasteiger partial charge in [0, 0.05) is 38.9 Å². The summed E-state index contributed by atoms with van der Waals surface area (Å²) in [5.74, 6) is 0.0123. The zero-order chi connectivity index (χ0) is 44.7. The van der Waals surface area contributed by atoms with Gasteiger partial charge >= 0.3 is 5.97 Å². The Morgan fingerprint density at radius 1 is 0.358 bits per heavy atom. The van der Waals surface area contributed by atoms with Crippen molar-refractivity contribution in [3.05, 3.63) is 242 Å². The van der Waals surface area contributed by atoms with E-state index in [1.165, 1.54) is 0 Å². The lowest BCUT2D eigenvalue weighted by Crippen LogP contribution is -2.09. The summed E-state index contributed by atoms with van der Waals surface area (Å²) >= 11 is 0. The van der Waals surface area contributed by atoms with Crippen molar-refractivity contribution in [2.75, 3.05) is 0 Å². The molecule has 0 unspecified atom stereocenters. The van der Waals surface area contributed by atoms with E-state index in [4.69, 9.17) is 14.7 Å². The van der Waals surface area contributed by atoms with Gasteiger partial charge in [-0.1, -0.05) is 164 Å². The maximum absolute atomic E-state index is 14.5. The molecule has 0 fully saturated rings. The largest absolute Gasteiger partial charge is 0.423 e. The minimum Gasteiger partial charge on any atom is -0.423 e. The van der Waals surface area contributed by atoms with Gasteiger partial charge < -0.3 is 4.74 Å². The van der Waals surface area contributed by atoms with Gasteiger partial charge in [0.15, 0.2) is 0 Å². The predicted molar refractivity (Wildman–Crippen MR) is 274 cm³/mol. The highest BCUT2D eigenvalue weighted by atomic mass is 16.5. The maximum atomic E-state index is 14.5. The Balaban J connectivity index is 0.938. The van der Waals surface area contributed by atoms with Crippen LogP contribution in [0.25, 0.3) is 111 Å². The van der Waals surface area contributed by atoms with Gasteiger partial charge in [0.1, 0.15) is 5.75 Å². The van der Waals surface area contributed by atoms with Crippen LogP contribution in [0.3, 0.4) is 0 Å². The smallest absolute Gasteiger partial charge is 0.343 e. The Bertz CT molecular complexity index is 3680. The van der Waals surface area contributed by atoms with Crippen LogP contribution in [0.1, 0.15) is 10.4 Å². The van der Waals surface area contributed by atoms with Gasteiger partial charge in [-0.05, 0) is 117 Å². The van der Waals surface area contributed by atoms with Crippen molar-refractivity contribution in [2.45, 2.75) is 0 Å². The van der Waals surface area contributed by atoms with E-state index in [9.17, 15) is 4.79 Å². The van der Waals surface area contributed by atoms with Crippen LogP contribution in [-0.2, 0) is 0 Å². The third-order valence-electron chi connectivity index (χ3n) is 12.6. The molecule has 3 aromatic heterocycles. The zero-order valence-corrected chi connectivity index (χ0v) is 36.2. The standard InChI is InChI=1S/C62H39N3O2/c66-62(67-51-31-32-56-47(39-51)28-27-46-12-9-35-63-61(46)56)50-37-48(54-15-5-3-13-52(54)40-19-23-44(24-20-40)59-33-29-42-10-1-7-17-57(42)64-59)36-49(38-50)55-16-6-4-14-53(55)41-21-25-45(26-22-41)60-34-30-43-11-2-8-18-58(43)65-60/h1-39H. The normalized spacial score (nSPS) is 11.3. The summed E-state index contributed by atoms with van der Waals surface area (Å²) in [5.41, 5.74) is 15.1. The van der Waals surface area contributed by atoms with E-state index in [1.807, 2.05) is 103 Å². The second-order valence-electron chi connectivity index (χ2n) is 16.7. The van der Waals surface area contributed by atoms with Crippen molar-refractivity contribution >= 4 is 49.5 Å². The second kappa shape index (κ2) is 16.8. The van der Waals surface area contributed by atoms with E-state index in [1.54, 1.807) is 6.20 Å². The number of hydrogen-bond donors (Lipinski definition) is 0. The first-order valence-electron chi connectivity index (χ1n) is 22.3. The summed E-state index contributed by atoms with van der Waals surface area (Å²) in [4.78, 5) is 29.0. The molecule has 0 N–H and O–H groups in total. The van der Waals surface area contributed by atoms with Crippen molar-refractivity contribution in [1.82, 2.24) is 15.0 Å². The van der Waals surface area contributed by atoms with Crippen molar-refractivity contribution in [1.29, 1.82) is 0 Å². The molecule has 0 radical (unpaired) electrons. The van der Waals surface area contributed by atoms with Crippen LogP contribution in [0.5, 0.6) is 5.75 Å². The molecule has 3 heterocycles. The van der Waals surface area contributed by atoms with E-state index < -0.39 is 5.97 Å². The summed E-state index contributed by atoms with van der Waals surface area (Å²) in [6.45, 7) is 0. The van der Waals surface area contributed by atoms with Crippen molar-refractivity contribution in [3.63, 3.8) is 0 Å². The fourth-order valence-electron chi connectivity index (χ4n) is 9.20. The molecule has 12 aromatic rings. The van der Waals surface area contributed by atoms with E-state index in [2.05, 4.69) is 132 Å². The molecule has 12 rings (SSSR count). The Hall–Kier alpha value is -9.06. The number of rotatable bonds is 8. The highest BCUT2D eigenvalue weighted by molar-refractivity contribution is 6.06. The molecule has 0 bridgehead atoms. The number of esters is 1. The molecule has 0 aliphatic rings. The number of pyridine rings is 3. The van der Waals surface area contributed by atoms with Gasteiger partial charge in [0.05, 0.1) is 33.5 Å². The molecule has 0 aliphatic heterocycles. The van der Waals surface area contributed by atoms with E-state index in [0.717, 1.165) is 111 Å². The Labute approximate surface area is 387 Å². The van der Waals surface area contributed by atoms with Crippen LogP contribution >= 0.6 is 0 Å². The number of benzene rings is 9. The quantitative estimate of drug-likeness (QED) is 0.0865. The molecule has 67 heavy (non-hydrogen) atoms. The first kappa shape index (κ1) is 39.5. The maximum Gasteiger partial charge on any atom is 0.343 e. The minimum absolute atomic E-state index is 0.438. The number of nitrogens with zero attached hydrogens (tertiary/aromatic N) is 3. The van der Waals surface area contributed by atoms with Crippen LogP contribution in [0.15, 0.2) is 237 Å². The fraction of sp³-hybridized carbons (Fsp3) is 0. The Kier molecular flexibility index (Phi) is 9.92. The Morgan fingerprint density at radius 2 is 0.821 bits per heavy atom. The lowest BCUT2D eigenvalue weighted by molar-refractivity contribution is 0.0735. The summed E-state index contributed by atoms with van der Waals surface area (Å²) in [5, 5.41) is 5.22. The van der Waals surface area contributed by atoms with E-state index in [0.29, 0.717) is 11.3 Å². The van der Waals surface area contributed by atoms with E-state index >= 15 is 0 Å². The second-order valence-corrected chi connectivity index (χ2v) is 16.7. The first-order valence-corrected chi connectivity index (χ1v) is 22.3. The van der Waals surface area contributed by atoms with Gasteiger partial charge in [0.25, 0.3) is 0 Å². The fourth-order valence-corrected chi connectivity index (χ4v) is 9.20. The van der Waals surface area contributed by atoms with Gasteiger partial charge in [-0.3, -0.25) is 4.98 Å². The van der Waals surface area contributed by atoms with Crippen LogP contribution in [0.4, 0.5) is 0 Å². The van der Waals surface area contributed by atoms with Gasteiger partial charge in [-0.2, -0.15) is 0 Å².